The van der Waals surface area contributed by atoms with Crippen LogP contribution in [0.25, 0.3) is 0 Å². The Bertz CT molecular complexity index is 499. The van der Waals surface area contributed by atoms with E-state index in [0.717, 1.165) is 23.2 Å². The number of imide groups is 1. The molecule has 0 saturated carbocycles. The number of hydrogen-bond acceptors (Lipinski definition) is 4. The Kier molecular flexibility index (Phi) is 4.29. The number of carbonyl (C=O) groups excluding carboxylic acids is 2. The summed E-state index contributed by atoms with van der Waals surface area (Å²) in [6, 6.07) is 5.76. The molecular weight excluding hydrogens is 242 g/mol. The molecule has 5 heteroatoms. The smallest absolute Gasteiger partial charge is 0.238 e. The summed E-state index contributed by atoms with van der Waals surface area (Å²) in [6.07, 6.45) is 1.42. The van der Waals surface area contributed by atoms with Crippen molar-refractivity contribution in [3.05, 3.63) is 29.3 Å². The Morgan fingerprint density at radius 1 is 1.47 bits per heavy atom. The van der Waals surface area contributed by atoms with Crippen molar-refractivity contribution in [2.45, 2.75) is 19.3 Å². The molecule has 0 aliphatic carbocycles. The van der Waals surface area contributed by atoms with Crippen LogP contribution >= 0.6 is 0 Å². The SMILES string of the molecule is CNCCC(=O)N1C(=O)Cc2cc(CCN)ccc21. The van der Waals surface area contributed by atoms with Crippen LogP contribution in [0.4, 0.5) is 5.69 Å². The fourth-order valence-corrected chi connectivity index (χ4v) is 2.31. The topological polar surface area (TPSA) is 75.4 Å². The highest BCUT2D eigenvalue weighted by Gasteiger charge is 2.31. The van der Waals surface area contributed by atoms with Gasteiger partial charge in [-0.3, -0.25) is 9.59 Å². The number of nitrogens with two attached hydrogens (primary N) is 1. The van der Waals surface area contributed by atoms with Gasteiger partial charge in [0.05, 0.1) is 12.1 Å². The molecule has 0 saturated heterocycles. The summed E-state index contributed by atoms with van der Waals surface area (Å²) in [5, 5.41) is 2.91. The maximum absolute atomic E-state index is 12.0. The molecule has 1 heterocycles. The number of nitrogens with one attached hydrogen (secondary N) is 1. The zero-order valence-corrected chi connectivity index (χ0v) is 11.1. The van der Waals surface area contributed by atoms with Gasteiger partial charge in [-0.1, -0.05) is 12.1 Å². The van der Waals surface area contributed by atoms with Crippen LogP contribution in [-0.2, 0) is 22.4 Å². The molecule has 3 N–H and O–H groups in total. The van der Waals surface area contributed by atoms with Crippen LogP contribution in [0.3, 0.4) is 0 Å². The predicted octanol–water partition coefficient (Wildman–Crippen LogP) is 0.213. The Morgan fingerprint density at radius 3 is 2.95 bits per heavy atom. The van der Waals surface area contributed by atoms with E-state index in [1.54, 1.807) is 7.05 Å². The minimum atomic E-state index is -0.148. The number of anilines is 1. The number of nitrogens with zero attached hydrogens (tertiary/aromatic N) is 1. The van der Waals surface area contributed by atoms with E-state index in [1.807, 2.05) is 18.2 Å². The standard InChI is InChI=1S/C14H19N3O2/c1-16-7-5-13(18)17-12-3-2-10(4-6-15)8-11(12)9-14(17)19/h2-3,8,16H,4-7,9,15H2,1H3. The molecule has 1 aliphatic heterocycles. The molecule has 0 aromatic heterocycles. The van der Waals surface area contributed by atoms with Gasteiger partial charge in [0.1, 0.15) is 0 Å². The second kappa shape index (κ2) is 5.95. The predicted molar refractivity (Wildman–Crippen MR) is 73.9 cm³/mol. The van der Waals surface area contributed by atoms with Crippen LogP contribution in [0, 0.1) is 0 Å². The van der Waals surface area contributed by atoms with Gasteiger partial charge in [0.15, 0.2) is 0 Å². The average Bonchev–Trinajstić information content (AvgIpc) is 2.71. The summed E-state index contributed by atoms with van der Waals surface area (Å²) in [4.78, 5) is 25.3. The van der Waals surface area contributed by atoms with E-state index in [1.165, 1.54) is 4.90 Å². The maximum Gasteiger partial charge on any atom is 0.238 e. The van der Waals surface area contributed by atoms with E-state index < -0.39 is 0 Å². The average molecular weight is 261 g/mol. The molecule has 1 aromatic carbocycles. The lowest BCUT2D eigenvalue weighted by molar-refractivity contribution is -0.125. The first-order valence-electron chi connectivity index (χ1n) is 6.49. The van der Waals surface area contributed by atoms with Crippen molar-refractivity contribution in [1.82, 2.24) is 5.32 Å². The first kappa shape index (κ1) is 13.7. The summed E-state index contributed by atoms with van der Waals surface area (Å²) in [7, 11) is 1.78. The monoisotopic (exact) mass is 261 g/mol. The minimum absolute atomic E-state index is 0.138. The Labute approximate surface area is 112 Å². The Balaban J connectivity index is 2.21. The number of fused-ring (bicyclic) bond motifs is 1. The van der Waals surface area contributed by atoms with E-state index in [0.29, 0.717) is 25.9 Å². The van der Waals surface area contributed by atoms with Crippen LogP contribution < -0.4 is 16.0 Å². The Morgan fingerprint density at radius 2 is 2.26 bits per heavy atom. The number of benzene rings is 1. The summed E-state index contributed by atoms with van der Waals surface area (Å²) < 4.78 is 0. The normalized spacial score (nSPS) is 13.8. The maximum atomic E-state index is 12.0. The number of rotatable bonds is 5. The molecule has 102 valence electrons. The fourth-order valence-electron chi connectivity index (χ4n) is 2.31. The third-order valence-electron chi connectivity index (χ3n) is 3.25. The van der Waals surface area contributed by atoms with Crippen molar-refractivity contribution >= 4 is 17.5 Å². The summed E-state index contributed by atoms with van der Waals surface area (Å²) in [5.41, 5.74) is 8.29. The van der Waals surface area contributed by atoms with Gasteiger partial charge >= 0.3 is 0 Å². The van der Waals surface area contributed by atoms with Crippen LogP contribution in [0.5, 0.6) is 0 Å². The second-order valence-electron chi connectivity index (χ2n) is 4.65. The quantitative estimate of drug-likeness (QED) is 0.794. The summed E-state index contributed by atoms with van der Waals surface area (Å²) >= 11 is 0. The van der Waals surface area contributed by atoms with Crippen molar-refractivity contribution in [2.75, 3.05) is 25.0 Å². The van der Waals surface area contributed by atoms with Crippen LogP contribution in [-0.4, -0.2) is 32.0 Å². The summed E-state index contributed by atoms with van der Waals surface area (Å²) in [5.74, 6) is -0.286. The largest absolute Gasteiger partial charge is 0.330 e. The van der Waals surface area contributed by atoms with Crippen molar-refractivity contribution in [1.29, 1.82) is 0 Å². The van der Waals surface area contributed by atoms with Gasteiger partial charge in [-0.2, -0.15) is 0 Å². The highest BCUT2D eigenvalue weighted by molar-refractivity contribution is 6.19. The van der Waals surface area contributed by atoms with E-state index >= 15 is 0 Å². The zero-order chi connectivity index (χ0) is 13.8. The number of hydrogen-bond donors (Lipinski definition) is 2. The second-order valence-corrected chi connectivity index (χ2v) is 4.65. The van der Waals surface area contributed by atoms with Crippen LogP contribution in [0.2, 0.25) is 0 Å². The minimum Gasteiger partial charge on any atom is -0.330 e. The number of amides is 2. The van der Waals surface area contributed by atoms with E-state index in [-0.39, 0.29) is 11.8 Å². The fraction of sp³-hybridized carbons (Fsp3) is 0.429. The van der Waals surface area contributed by atoms with E-state index in [2.05, 4.69) is 5.32 Å². The van der Waals surface area contributed by atoms with Crippen molar-refractivity contribution in [2.24, 2.45) is 5.73 Å². The molecule has 19 heavy (non-hydrogen) atoms. The molecule has 0 unspecified atom stereocenters. The van der Waals surface area contributed by atoms with Gasteiger partial charge in [-0.05, 0) is 37.2 Å². The summed E-state index contributed by atoms with van der Waals surface area (Å²) in [6.45, 7) is 1.15. The van der Waals surface area contributed by atoms with Gasteiger partial charge < -0.3 is 11.1 Å². The molecule has 1 aliphatic rings. The molecule has 0 atom stereocenters. The van der Waals surface area contributed by atoms with E-state index in [9.17, 15) is 9.59 Å². The first-order valence-corrected chi connectivity index (χ1v) is 6.49. The molecule has 2 rings (SSSR count). The molecule has 0 fully saturated rings. The zero-order valence-electron chi connectivity index (χ0n) is 11.1. The van der Waals surface area contributed by atoms with E-state index in [4.69, 9.17) is 5.73 Å². The molecule has 1 aromatic rings. The third kappa shape index (κ3) is 2.83. The van der Waals surface area contributed by atoms with Crippen LogP contribution in [0.15, 0.2) is 18.2 Å². The third-order valence-corrected chi connectivity index (χ3v) is 3.25. The van der Waals surface area contributed by atoms with Crippen molar-refractivity contribution in [3.8, 4) is 0 Å². The van der Waals surface area contributed by atoms with Gasteiger partial charge in [-0.15, -0.1) is 0 Å². The Hall–Kier alpha value is -1.72. The van der Waals surface area contributed by atoms with Gasteiger partial charge in [0, 0.05) is 13.0 Å². The molecular formula is C14H19N3O2. The van der Waals surface area contributed by atoms with Gasteiger partial charge in [0.25, 0.3) is 0 Å². The molecule has 5 nitrogen and oxygen atoms in total. The van der Waals surface area contributed by atoms with Gasteiger partial charge in [-0.25, -0.2) is 4.90 Å². The molecule has 2 amide bonds. The number of carbonyl (C=O) groups is 2. The molecule has 0 spiro atoms. The molecule has 0 radical (unpaired) electrons. The van der Waals surface area contributed by atoms with Crippen LogP contribution in [0.1, 0.15) is 17.5 Å². The molecule has 0 bridgehead atoms. The first-order chi connectivity index (χ1) is 9.17. The lowest BCUT2D eigenvalue weighted by Crippen LogP contribution is -2.35. The lowest BCUT2D eigenvalue weighted by Gasteiger charge is -2.15. The lowest BCUT2D eigenvalue weighted by atomic mass is 10.1. The highest BCUT2D eigenvalue weighted by Crippen LogP contribution is 2.30. The van der Waals surface area contributed by atoms with Crippen molar-refractivity contribution < 1.29 is 9.59 Å². The van der Waals surface area contributed by atoms with Crippen molar-refractivity contribution in [3.63, 3.8) is 0 Å². The highest BCUT2D eigenvalue weighted by atomic mass is 16.2. The van der Waals surface area contributed by atoms with Gasteiger partial charge in [0.2, 0.25) is 11.8 Å².